The molecule has 0 spiro atoms. The standard InChI is InChI=1S/C22H20O14/c1-32-13-3-2-8(4-10(13)24)17-18(16(27)15-11(25)5-9(23)6-14(15)34-17)36-22(31)19(28)12(26)7-33-20(22)35-21(29)30/h2-6,12,19-20,23-26,28,31H,7H2,1H3,(H,29,30). The number of ether oxygens (including phenoxy) is 4. The second-order valence-corrected chi connectivity index (χ2v) is 7.73. The Morgan fingerprint density at radius 3 is 2.47 bits per heavy atom. The topological polar surface area (TPSA) is 226 Å². The fourth-order valence-electron chi connectivity index (χ4n) is 3.68. The number of carboxylic acid groups (broad SMARTS) is 1. The molecule has 1 aromatic heterocycles. The molecule has 14 nitrogen and oxygen atoms in total. The van der Waals surface area contributed by atoms with Crippen molar-refractivity contribution in [2.45, 2.75) is 24.3 Å². The number of phenolic OH excluding ortho intramolecular Hbond substituents is 3. The maximum absolute atomic E-state index is 13.4. The van der Waals surface area contributed by atoms with Crippen molar-refractivity contribution in [1.82, 2.24) is 0 Å². The van der Waals surface area contributed by atoms with Gasteiger partial charge in [0.2, 0.25) is 11.2 Å². The molecule has 14 heteroatoms. The lowest BCUT2D eigenvalue weighted by Gasteiger charge is -2.42. The van der Waals surface area contributed by atoms with Crippen molar-refractivity contribution in [3.8, 4) is 40.1 Å². The van der Waals surface area contributed by atoms with Crippen LogP contribution >= 0.6 is 0 Å². The summed E-state index contributed by atoms with van der Waals surface area (Å²) >= 11 is 0. The fraction of sp³-hybridized carbons (Fsp3) is 0.273. The van der Waals surface area contributed by atoms with E-state index in [4.69, 9.17) is 23.7 Å². The molecule has 0 saturated carbocycles. The first-order valence-corrected chi connectivity index (χ1v) is 10.1. The summed E-state index contributed by atoms with van der Waals surface area (Å²) in [5, 5.41) is 70.3. The third-order valence-corrected chi connectivity index (χ3v) is 5.38. The van der Waals surface area contributed by atoms with Gasteiger partial charge in [-0.1, -0.05) is 0 Å². The maximum atomic E-state index is 13.4. The van der Waals surface area contributed by atoms with Gasteiger partial charge in [-0.2, -0.15) is 0 Å². The predicted molar refractivity (Wildman–Crippen MR) is 116 cm³/mol. The van der Waals surface area contributed by atoms with E-state index in [0.29, 0.717) is 0 Å². The quantitative estimate of drug-likeness (QED) is 0.183. The third-order valence-electron chi connectivity index (χ3n) is 5.38. The van der Waals surface area contributed by atoms with Crippen LogP contribution in [0, 0.1) is 0 Å². The summed E-state index contributed by atoms with van der Waals surface area (Å²) in [5.74, 6) is -6.13. The first-order valence-electron chi connectivity index (χ1n) is 10.1. The fourth-order valence-corrected chi connectivity index (χ4v) is 3.68. The van der Waals surface area contributed by atoms with Crippen LogP contribution in [-0.2, 0) is 9.47 Å². The summed E-state index contributed by atoms with van der Waals surface area (Å²) in [6.07, 6.45) is -8.23. The Balaban J connectivity index is 1.98. The molecule has 4 atom stereocenters. The summed E-state index contributed by atoms with van der Waals surface area (Å²) in [7, 11) is 1.29. The highest BCUT2D eigenvalue weighted by atomic mass is 16.8. The van der Waals surface area contributed by atoms with Gasteiger partial charge in [-0.05, 0) is 18.2 Å². The van der Waals surface area contributed by atoms with Crippen LogP contribution in [0.25, 0.3) is 22.3 Å². The second-order valence-electron chi connectivity index (χ2n) is 7.73. The van der Waals surface area contributed by atoms with Crippen molar-refractivity contribution < 1.29 is 63.9 Å². The van der Waals surface area contributed by atoms with E-state index < -0.39 is 76.6 Å². The summed E-state index contributed by atoms with van der Waals surface area (Å²) < 4.78 is 25.4. The number of rotatable bonds is 5. The van der Waals surface area contributed by atoms with Gasteiger partial charge in [0.05, 0.1) is 13.7 Å². The van der Waals surface area contributed by atoms with Crippen molar-refractivity contribution in [3.63, 3.8) is 0 Å². The van der Waals surface area contributed by atoms with Gasteiger partial charge in [-0.15, -0.1) is 0 Å². The van der Waals surface area contributed by atoms with E-state index in [9.17, 15) is 40.2 Å². The zero-order chi connectivity index (χ0) is 26.4. The van der Waals surface area contributed by atoms with Crippen LogP contribution in [-0.4, -0.2) is 79.9 Å². The Bertz CT molecular complexity index is 1380. The Hall–Kier alpha value is -4.24. The number of phenols is 3. The molecule has 7 N–H and O–H groups in total. The Kier molecular flexibility index (Phi) is 6.28. The van der Waals surface area contributed by atoms with Crippen molar-refractivity contribution in [2.24, 2.45) is 0 Å². The van der Waals surface area contributed by atoms with Gasteiger partial charge in [0.15, 0.2) is 23.4 Å². The number of hydrogen-bond donors (Lipinski definition) is 7. The molecular weight excluding hydrogens is 488 g/mol. The number of aliphatic hydroxyl groups is 3. The molecule has 36 heavy (non-hydrogen) atoms. The minimum Gasteiger partial charge on any atom is -0.508 e. The van der Waals surface area contributed by atoms with Gasteiger partial charge in [0, 0.05) is 17.7 Å². The summed E-state index contributed by atoms with van der Waals surface area (Å²) in [6.45, 7) is -0.656. The zero-order valence-electron chi connectivity index (χ0n) is 18.3. The summed E-state index contributed by atoms with van der Waals surface area (Å²) in [5.41, 5.74) is -1.52. The largest absolute Gasteiger partial charge is 0.508 e. The molecule has 2 heterocycles. The van der Waals surface area contributed by atoms with Crippen molar-refractivity contribution in [1.29, 1.82) is 0 Å². The van der Waals surface area contributed by atoms with Gasteiger partial charge in [-0.3, -0.25) is 4.79 Å². The Morgan fingerprint density at radius 1 is 1.11 bits per heavy atom. The number of aromatic hydroxyl groups is 3. The van der Waals surface area contributed by atoms with Crippen LogP contribution in [0.15, 0.2) is 39.5 Å². The second kappa shape index (κ2) is 9.09. The number of benzene rings is 2. The highest BCUT2D eigenvalue weighted by Crippen LogP contribution is 2.41. The number of hydrogen-bond acceptors (Lipinski definition) is 13. The number of aliphatic hydroxyl groups excluding tert-OH is 2. The van der Waals surface area contributed by atoms with Crippen LogP contribution in [0.4, 0.5) is 4.79 Å². The number of fused-ring (bicyclic) bond motifs is 1. The molecule has 1 fully saturated rings. The molecule has 4 rings (SSSR count). The smallest absolute Gasteiger partial charge is 0.508 e. The first-order chi connectivity index (χ1) is 17.0. The van der Waals surface area contributed by atoms with Gasteiger partial charge in [0.25, 0.3) is 6.29 Å². The molecule has 4 unspecified atom stereocenters. The van der Waals surface area contributed by atoms with Crippen molar-refractivity contribution >= 4 is 17.1 Å². The Morgan fingerprint density at radius 2 is 1.83 bits per heavy atom. The van der Waals surface area contributed by atoms with E-state index in [2.05, 4.69) is 4.74 Å². The first kappa shape index (κ1) is 24.9. The average molecular weight is 508 g/mol. The van der Waals surface area contributed by atoms with Gasteiger partial charge < -0.3 is 59.1 Å². The predicted octanol–water partition coefficient (Wildman–Crippen LogP) is 0.426. The van der Waals surface area contributed by atoms with Crippen LogP contribution in [0.3, 0.4) is 0 Å². The molecule has 0 bridgehead atoms. The molecule has 0 amide bonds. The molecule has 1 aliphatic heterocycles. The molecule has 1 aliphatic rings. The van der Waals surface area contributed by atoms with Crippen LogP contribution < -0.4 is 14.9 Å². The van der Waals surface area contributed by atoms with Gasteiger partial charge in [-0.25, -0.2) is 4.79 Å². The molecule has 3 aromatic rings. The number of carbonyl (C=O) groups is 1. The normalized spacial score (nSPS) is 23.8. The van der Waals surface area contributed by atoms with E-state index in [-0.39, 0.29) is 16.9 Å². The highest BCUT2D eigenvalue weighted by Gasteiger charge is 2.57. The van der Waals surface area contributed by atoms with Crippen LogP contribution in [0.5, 0.6) is 28.7 Å². The highest BCUT2D eigenvalue weighted by molar-refractivity contribution is 5.88. The number of methoxy groups -OCH3 is 1. The average Bonchev–Trinajstić information content (AvgIpc) is 2.80. The molecular formula is C22H20O14. The SMILES string of the molecule is COc1ccc(-c2oc3cc(O)cc(O)c3c(=O)c2OC2(O)C(OC(=O)O)OCC(O)C2O)cc1O. The Labute approximate surface area is 200 Å². The third kappa shape index (κ3) is 4.18. The summed E-state index contributed by atoms with van der Waals surface area (Å²) in [6, 6.07) is 5.54. The van der Waals surface area contributed by atoms with Crippen molar-refractivity contribution in [2.75, 3.05) is 13.7 Å². The van der Waals surface area contributed by atoms with E-state index >= 15 is 0 Å². The minimum absolute atomic E-state index is 0.0452. The zero-order valence-corrected chi connectivity index (χ0v) is 18.3. The maximum Gasteiger partial charge on any atom is 0.508 e. The molecule has 0 aliphatic carbocycles. The van der Waals surface area contributed by atoms with Crippen LogP contribution in [0.2, 0.25) is 0 Å². The lowest BCUT2D eigenvalue weighted by molar-refractivity contribution is -0.366. The van der Waals surface area contributed by atoms with E-state index in [0.717, 1.165) is 18.2 Å². The molecule has 2 aromatic carbocycles. The van der Waals surface area contributed by atoms with Gasteiger partial charge in [0.1, 0.15) is 28.6 Å². The molecule has 192 valence electrons. The van der Waals surface area contributed by atoms with Crippen LogP contribution in [0.1, 0.15) is 0 Å². The lowest BCUT2D eigenvalue weighted by atomic mass is 10.0. The van der Waals surface area contributed by atoms with Crippen molar-refractivity contribution in [3.05, 3.63) is 40.6 Å². The van der Waals surface area contributed by atoms with Gasteiger partial charge >= 0.3 is 11.9 Å². The molecule has 1 saturated heterocycles. The monoisotopic (exact) mass is 508 g/mol. The summed E-state index contributed by atoms with van der Waals surface area (Å²) in [4.78, 5) is 24.5. The lowest BCUT2D eigenvalue weighted by Crippen LogP contribution is -2.67. The van der Waals surface area contributed by atoms with E-state index in [1.807, 2.05) is 0 Å². The minimum atomic E-state index is -3.19. The van der Waals surface area contributed by atoms with E-state index in [1.54, 1.807) is 0 Å². The van der Waals surface area contributed by atoms with E-state index in [1.165, 1.54) is 19.2 Å². The molecule has 0 radical (unpaired) electrons.